The number of carbonyl (C=O) groups is 1. The van der Waals surface area contributed by atoms with E-state index >= 15 is 0 Å². The van der Waals surface area contributed by atoms with E-state index in [2.05, 4.69) is 5.10 Å². The summed E-state index contributed by atoms with van der Waals surface area (Å²) in [4.78, 5) is 26.8. The van der Waals surface area contributed by atoms with E-state index in [-0.39, 0.29) is 23.3 Å². The highest BCUT2D eigenvalue weighted by atomic mass is 35.5. The summed E-state index contributed by atoms with van der Waals surface area (Å²) in [6.45, 7) is 5.20. The number of piperazine rings is 1. The number of carbonyl (C=O) groups excluding carboxylic acids is 1. The normalized spacial score (nSPS) is 34.0. The van der Waals surface area contributed by atoms with E-state index in [1.165, 1.54) is 43.2 Å². The van der Waals surface area contributed by atoms with E-state index in [9.17, 15) is 14.9 Å². The van der Waals surface area contributed by atoms with Gasteiger partial charge < -0.3 is 19.9 Å². The van der Waals surface area contributed by atoms with Crippen LogP contribution in [0.5, 0.6) is 0 Å². The van der Waals surface area contributed by atoms with Crippen LogP contribution in [-0.4, -0.2) is 57.2 Å². The monoisotopic (exact) mass is 422 g/mol. The molecule has 5 fully saturated rings. The molecule has 9 heteroatoms. The van der Waals surface area contributed by atoms with E-state index in [1.807, 2.05) is 4.90 Å². The second kappa shape index (κ2) is 6.94. The molecular weight excluding hydrogens is 394 g/mol. The van der Waals surface area contributed by atoms with Crippen LogP contribution in [0.4, 0.5) is 5.82 Å². The van der Waals surface area contributed by atoms with Crippen LogP contribution in [0, 0.1) is 34.8 Å². The molecule has 1 aromatic heterocycles. The van der Waals surface area contributed by atoms with Gasteiger partial charge in [-0.15, -0.1) is 0 Å². The first-order valence-electron chi connectivity index (χ1n) is 10.8. The third kappa shape index (κ3) is 3.24. The fourth-order valence-electron chi connectivity index (χ4n) is 7.11. The van der Waals surface area contributed by atoms with Gasteiger partial charge in [0, 0.05) is 19.3 Å². The molecule has 0 spiro atoms. The molecule has 1 N–H and O–H groups in total. The Morgan fingerprint density at radius 1 is 1.21 bits per heavy atom. The lowest BCUT2D eigenvalue weighted by molar-refractivity contribution is -0.962. The number of rotatable bonds is 4. The van der Waals surface area contributed by atoms with Crippen LogP contribution in [0.3, 0.4) is 0 Å². The van der Waals surface area contributed by atoms with Gasteiger partial charge in [-0.2, -0.15) is 4.68 Å². The molecule has 158 valence electrons. The highest BCUT2D eigenvalue weighted by molar-refractivity contribution is 6.33. The van der Waals surface area contributed by atoms with Crippen LogP contribution >= 0.6 is 11.6 Å². The molecule has 2 heterocycles. The van der Waals surface area contributed by atoms with Gasteiger partial charge >= 0.3 is 5.82 Å². The molecule has 4 bridgehead atoms. The van der Waals surface area contributed by atoms with Crippen molar-refractivity contribution in [3.8, 4) is 0 Å². The molecule has 8 nitrogen and oxygen atoms in total. The smallest absolute Gasteiger partial charge is 0.358 e. The van der Waals surface area contributed by atoms with E-state index < -0.39 is 4.92 Å². The van der Waals surface area contributed by atoms with Crippen molar-refractivity contribution in [1.82, 2.24) is 14.7 Å². The predicted octanol–water partition coefficient (Wildman–Crippen LogP) is 1.45. The van der Waals surface area contributed by atoms with Crippen molar-refractivity contribution in [2.24, 2.45) is 17.8 Å². The standard InChI is InChI=1S/C20H28ClN5O3/c1-13-18(21)19(26(28)29)22-25(13)12-17(27)23-2-4-24(5-3-23)20-9-14-6-15(10-20)8-16(7-14)11-20/h14-16H,2-12H2,1H3/p+1. The minimum atomic E-state index is -0.607. The largest absolute Gasteiger partial charge is 0.408 e. The number of amides is 1. The van der Waals surface area contributed by atoms with Crippen molar-refractivity contribution in [1.29, 1.82) is 0 Å². The summed E-state index contributed by atoms with van der Waals surface area (Å²) in [6.07, 6.45) is 8.52. The molecular formula is C20H29ClN5O3+. The zero-order valence-corrected chi connectivity index (χ0v) is 17.7. The highest BCUT2D eigenvalue weighted by Gasteiger charge is 2.56. The SMILES string of the molecule is Cc1c(Cl)c([N+](=O)[O-])nn1CC(=O)N1CC[NH+](C23CC4CC(CC(C4)C2)C3)CC1. The van der Waals surface area contributed by atoms with Crippen LogP contribution in [0.2, 0.25) is 5.02 Å². The molecule has 6 rings (SSSR count). The first kappa shape index (κ1) is 19.3. The van der Waals surface area contributed by atoms with Crippen LogP contribution in [0.1, 0.15) is 44.2 Å². The van der Waals surface area contributed by atoms with Gasteiger partial charge in [-0.25, -0.2) is 0 Å². The lowest BCUT2D eigenvalue weighted by atomic mass is 9.52. The minimum absolute atomic E-state index is 0.00604. The van der Waals surface area contributed by atoms with Crippen molar-refractivity contribution in [3.63, 3.8) is 0 Å². The summed E-state index contributed by atoms with van der Waals surface area (Å²) in [5, 5.41) is 15.0. The third-order valence-electron chi connectivity index (χ3n) is 8.08. The van der Waals surface area contributed by atoms with Gasteiger partial charge in [-0.3, -0.25) is 4.79 Å². The fraction of sp³-hybridized carbons (Fsp3) is 0.800. The maximum atomic E-state index is 12.8. The van der Waals surface area contributed by atoms with Crippen LogP contribution in [0.25, 0.3) is 0 Å². The number of hydrogen-bond donors (Lipinski definition) is 1. The maximum absolute atomic E-state index is 12.8. The Balaban J connectivity index is 1.22. The van der Waals surface area contributed by atoms with E-state index in [0.29, 0.717) is 11.2 Å². The number of nitrogens with one attached hydrogen (secondary N) is 1. The molecule has 4 saturated carbocycles. The van der Waals surface area contributed by atoms with Crippen LogP contribution in [-0.2, 0) is 11.3 Å². The Kier molecular flexibility index (Phi) is 4.62. The zero-order chi connectivity index (χ0) is 20.3. The molecule has 29 heavy (non-hydrogen) atoms. The van der Waals surface area contributed by atoms with Gasteiger partial charge in [0.15, 0.2) is 5.02 Å². The van der Waals surface area contributed by atoms with Gasteiger partial charge in [-0.1, -0.05) is 11.6 Å². The lowest BCUT2D eigenvalue weighted by Gasteiger charge is -2.59. The van der Waals surface area contributed by atoms with Gasteiger partial charge in [-0.05, 0) is 48.9 Å². The molecule has 1 amide bonds. The second-order valence-corrected chi connectivity index (χ2v) is 10.2. The zero-order valence-electron chi connectivity index (χ0n) is 16.9. The Bertz CT molecular complexity index is 810. The Morgan fingerprint density at radius 3 is 2.24 bits per heavy atom. The minimum Gasteiger partial charge on any atom is -0.358 e. The van der Waals surface area contributed by atoms with E-state index in [1.54, 1.807) is 11.8 Å². The molecule has 5 aliphatic rings. The van der Waals surface area contributed by atoms with Gasteiger partial charge in [0.25, 0.3) is 0 Å². The van der Waals surface area contributed by atoms with Crippen molar-refractivity contribution in [2.45, 2.75) is 57.5 Å². The number of hydrogen-bond acceptors (Lipinski definition) is 4. The van der Waals surface area contributed by atoms with E-state index in [4.69, 9.17) is 11.6 Å². The number of nitro groups is 1. The number of nitrogens with zero attached hydrogens (tertiary/aromatic N) is 4. The maximum Gasteiger partial charge on any atom is 0.408 e. The number of quaternary nitrogens is 1. The Hall–Kier alpha value is -1.67. The van der Waals surface area contributed by atoms with Crippen molar-refractivity contribution < 1.29 is 14.6 Å². The topological polar surface area (TPSA) is 85.7 Å². The molecule has 0 aromatic carbocycles. The molecule has 0 atom stereocenters. The molecule has 4 aliphatic carbocycles. The summed E-state index contributed by atoms with van der Waals surface area (Å²) in [7, 11) is 0. The summed E-state index contributed by atoms with van der Waals surface area (Å²) in [5.41, 5.74) is 0.931. The second-order valence-electron chi connectivity index (χ2n) is 9.82. The van der Waals surface area contributed by atoms with Gasteiger partial charge in [0.2, 0.25) is 5.91 Å². The van der Waals surface area contributed by atoms with Crippen LogP contribution < -0.4 is 4.90 Å². The quantitative estimate of drug-likeness (QED) is 0.587. The summed E-state index contributed by atoms with van der Waals surface area (Å²) in [6, 6.07) is 0. The average Bonchev–Trinajstić information content (AvgIpc) is 2.96. The Labute approximate surface area is 175 Å². The fourth-order valence-corrected chi connectivity index (χ4v) is 7.31. The average molecular weight is 423 g/mol. The predicted molar refractivity (Wildman–Crippen MR) is 107 cm³/mol. The van der Waals surface area contributed by atoms with Crippen molar-refractivity contribution in [3.05, 3.63) is 20.8 Å². The third-order valence-corrected chi connectivity index (χ3v) is 8.53. The number of halogens is 1. The highest BCUT2D eigenvalue weighted by Crippen LogP contribution is 2.54. The number of aromatic nitrogens is 2. The van der Waals surface area contributed by atoms with Gasteiger partial charge in [0.1, 0.15) is 6.54 Å². The van der Waals surface area contributed by atoms with E-state index in [0.717, 1.165) is 43.9 Å². The van der Waals surface area contributed by atoms with Crippen molar-refractivity contribution >= 4 is 23.3 Å². The molecule has 1 aromatic rings. The molecule has 0 radical (unpaired) electrons. The molecule has 1 aliphatic heterocycles. The molecule has 0 unspecified atom stereocenters. The summed E-state index contributed by atoms with van der Waals surface area (Å²) in [5.74, 6) is 2.41. The first-order chi connectivity index (χ1) is 13.8. The van der Waals surface area contributed by atoms with Crippen molar-refractivity contribution in [2.75, 3.05) is 26.2 Å². The first-order valence-corrected chi connectivity index (χ1v) is 11.2. The summed E-state index contributed by atoms with van der Waals surface area (Å²) >= 11 is 5.99. The molecule has 1 saturated heterocycles. The lowest BCUT2D eigenvalue weighted by Crippen LogP contribution is -3.23. The Morgan fingerprint density at radius 2 is 1.76 bits per heavy atom. The van der Waals surface area contributed by atoms with Crippen LogP contribution in [0.15, 0.2) is 0 Å². The van der Waals surface area contributed by atoms with Gasteiger partial charge in [0.05, 0.1) is 42.5 Å². The summed E-state index contributed by atoms with van der Waals surface area (Å²) < 4.78 is 1.36.